The van der Waals surface area contributed by atoms with E-state index in [1.54, 1.807) is 24.3 Å². The summed E-state index contributed by atoms with van der Waals surface area (Å²) in [5.74, 6) is 0.0850. The minimum atomic E-state index is -0.0612. The molecular formula is C21H23N5O2. The van der Waals surface area contributed by atoms with Gasteiger partial charge >= 0.3 is 0 Å². The number of para-hydroxylation sites is 1. The zero-order valence-electron chi connectivity index (χ0n) is 15.6. The third kappa shape index (κ3) is 4.04. The first-order valence-corrected chi connectivity index (χ1v) is 9.46. The number of aromatic hydroxyl groups is 1. The molecule has 0 bridgehead atoms. The van der Waals surface area contributed by atoms with Crippen LogP contribution in [-0.2, 0) is 6.54 Å². The number of phenolic OH excluding ortho intramolecular Hbond substituents is 1. The van der Waals surface area contributed by atoms with Crippen molar-refractivity contribution < 1.29 is 9.90 Å². The smallest absolute Gasteiger partial charge is 0.271 e. The molecule has 2 N–H and O–H groups in total. The summed E-state index contributed by atoms with van der Waals surface area (Å²) >= 11 is 0. The Morgan fingerprint density at radius 2 is 1.93 bits per heavy atom. The van der Waals surface area contributed by atoms with E-state index in [0.29, 0.717) is 30.0 Å². The summed E-state index contributed by atoms with van der Waals surface area (Å²) in [5, 5.41) is 17.0. The topological polar surface area (TPSA) is 85.3 Å². The third-order valence-electron chi connectivity index (χ3n) is 4.98. The highest BCUT2D eigenvalue weighted by molar-refractivity contribution is 5.93. The molecule has 0 atom stereocenters. The SMILES string of the molecule is O=C(c1cc(-c2ccccc2O)n[nH]1)N1CCCN(Cc2ccccn2)CC1. The Bertz CT molecular complexity index is 941. The van der Waals surface area contributed by atoms with Gasteiger partial charge in [-0.15, -0.1) is 0 Å². The minimum Gasteiger partial charge on any atom is -0.507 e. The van der Waals surface area contributed by atoms with E-state index in [2.05, 4.69) is 20.1 Å². The van der Waals surface area contributed by atoms with Crippen molar-refractivity contribution in [3.05, 3.63) is 66.1 Å². The molecule has 1 saturated heterocycles. The lowest BCUT2D eigenvalue weighted by Crippen LogP contribution is -2.35. The normalized spacial score (nSPS) is 15.4. The van der Waals surface area contributed by atoms with Gasteiger partial charge in [0, 0.05) is 44.5 Å². The molecule has 28 heavy (non-hydrogen) atoms. The Balaban J connectivity index is 1.41. The van der Waals surface area contributed by atoms with E-state index < -0.39 is 0 Å². The van der Waals surface area contributed by atoms with Gasteiger partial charge in [-0.25, -0.2) is 0 Å². The summed E-state index contributed by atoms with van der Waals surface area (Å²) in [5.41, 5.74) is 2.66. The number of carbonyl (C=O) groups is 1. The van der Waals surface area contributed by atoms with Gasteiger partial charge in [-0.05, 0) is 36.8 Å². The largest absolute Gasteiger partial charge is 0.507 e. The van der Waals surface area contributed by atoms with Crippen LogP contribution in [0.4, 0.5) is 0 Å². The summed E-state index contributed by atoms with van der Waals surface area (Å²) in [4.78, 5) is 21.5. The van der Waals surface area contributed by atoms with E-state index in [4.69, 9.17) is 0 Å². The van der Waals surface area contributed by atoms with Crippen LogP contribution < -0.4 is 0 Å². The van der Waals surface area contributed by atoms with Gasteiger partial charge < -0.3 is 10.0 Å². The van der Waals surface area contributed by atoms with Crippen LogP contribution in [0, 0.1) is 0 Å². The second-order valence-corrected chi connectivity index (χ2v) is 6.93. The van der Waals surface area contributed by atoms with Gasteiger partial charge in [0.05, 0.1) is 11.4 Å². The molecule has 144 valence electrons. The van der Waals surface area contributed by atoms with Crippen LogP contribution in [0.25, 0.3) is 11.3 Å². The van der Waals surface area contributed by atoms with Gasteiger partial charge in [-0.3, -0.25) is 19.8 Å². The Morgan fingerprint density at radius 1 is 1.07 bits per heavy atom. The zero-order valence-corrected chi connectivity index (χ0v) is 15.6. The van der Waals surface area contributed by atoms with Gasteiger partial charge in [0.25, 0.3) is 5.91 Å². The molecule has 3 heterocycles. The van der Waals surface area contributed by atoms with E-state index >= 15 is 0 Å². The highest BCUT2D eigenvalue weighted by Gasteiger charge is 2.22. The predicted molar refractivity (Wildman–Crippen MR) is 106 cm³/mol. The maximum Gasteiger partial charge on any atom is 0.271 e. The average molecular weight is 377 g/mol. The molecule has 2 aromatic heterocycles. The van der Waals surface area contributed by atoms with Crippen molar-refractivity contribution in [3.8, 4) is 17.0 Å². The monoisotopic (exact) mass is 377 g/mol. The molecule has 1 fully saturated rings. The number of rotatable bonds is 4. The fourth-order valence-electron chi connectivity index (χ4n) is 3.48. The molecule has 1 aliphatic rings. The standard InChI is InChI=1S/C21H23N5O2/c27-20-8-2-1-7-17(20)18-14-19(24-23-18)21(28)26-11-5-10-25(12-13-26)15-16-6-3-4-9-22-16/h1-4,6-9,14,27H,5,10-13,15H2,(H,23,24). The average Bonchev–Trinajstić information content (AvgIpc) is 3.09. The molecule has 0 aliphatic carbocycles. The second kappa shape index (κ2) is 8.22. The molecule has 0 saturated carbocycles. The van der Waals surface area contributed by atoms with Crippen molar-refractivity contribution in [1.82, 2.24) is 25.0 Å². The Hall–Kier alpha value is -3.19. The highest BCUT2D eigenvalue weighted by Crippen LogP contribution is 2.27. The number of nitrogens with zero attached hydrogens (tertiary/aromatic N) is 4. The molecule has 4 rings (SSSR count). The molecule has 7 heteroatoms. The fourth-order valence-corrected chi connectivity index (χ4v) is 3.48. The van der Waals surface area contributed by atoms with Crippen LogP contribution in [0.2, 0.25) is 0 Å². The van der Waals surface area contributed by atoms with Gasteiger partial charge in [0.1, 0.15) is 11.4 Å². The van der Waals surface area contributed by atoms with E-state index in [1.165, 1.54) is 0 Å². The molecule has 0 radical (unpaired) electrons. The maximum atomic E-state index is 12.9. The van der Waals surface area contributed by atoms with Crippen LogP contribution >= 0.6 is 0 Å². The predicted octanol–water partition coefficient (Wildman–Crippen LogP) is 2.53. The van der Waals surface area contributed by atoms with Gasteiger partial charge in [-0.1, -0.05) is 18.2 Å². The summed E-state index contributed by atoms with van der Waals surface area (Å²) in [7, 11) is 0. The molecule has 1 aliphatic heterocycles. The van der Waals surface area contributed by atoms with E-state index in [1.807, 2.05) is 35.4 Å². The van der Waals surface area contributed by atoms with Gasteiger partial charge in [0.15, 0.2) is 0 Å². The number of aromatic amines is 1. The van der Waals surface area contributed by atoms with Crippen molar-refractivity contribution in [2.45, 2.75) is 13.0 Å². The van der Waals surface area contributed by atoms with E-state index in [9.17, 15) is 9.90 Å². The fraction of sp³-hybridized carbons (Fsp3) is 0.286. The third-order valence-corrected chi connectivity index (χ3v) is 4.98. The summed E-state index contributed by atoms with van der Waals surface area (Å²) < 4.78 is 0. The summed E-state index contributed by atoms with van der Waals surface area (Å²) in [6.45, 7) is 3.92. The Labute approximate surface area is 163 Å². The van der Waals surface area contributed by atoms with Crippen molar-refractivity contribution in [3.63, 3.8) is 0 Å². The molecule has 1 amide bonds. The Morgan fingerprint density at radius 3 is 2.75 bits per heavy atom. The van der Waals surface area contributed by atoms with Crippen molar-refractivity contribution in [2.24, 2.45) is 0 Å². The first-order valence-electron chi connectivity index (χ1n) is 9.46. The number of hydrogen-bond donors (Lipinski definition) is 2. The van der Waals surface area contributed by atoms with Gasteiger partial charge in [-0.2, -0.15) is 5.10 Å². The lowest BCUT2D eigenvalue weighted by Gasteiger charge is -2.21. The molecule has 1 aromatic carbocycles. The lowest BCUT2D eigenvalue weighted by atomic mass is 10.1. The summed E-state index contributed by atoms with van der Waals surface area (Å²) in [6.07, 6.45) is 2.72. The number of phenols is 1. The number of H-pyrrole nitrogens is 1. The van der Waals surface area contributed by atoms with Crippen LogP contribution in [-0.4, -0.2) is 62.2 Å². The first-order chi connectivity index (χ1) is 13.7. The number of aromatic nitrogens is 3. The van der Waals surface area contributed by atoms with Crippen LogP contribution in [0.3, 0.4) is 0 Å². The van der Waals surface area contributed by atoms with Crippen molar-refractivity contribution in [1.29, 1.82) is 0 Å². The number of benzene rings is 1. The highest BCUT2D eigenvalue weighted by atomic mass is 16.3. The number of pyridine rings is 1. The van der Waals surface area contributed by atoms with Gasteiger partial charge in [0.2, 0.25) is 0 Å². The Kier molecular flexibility index (Phi) is 5.34. The van der Waals surface area contributed by atoms with Crippen LogP contribution in [0.1, 0.15) is 22.6 Å². The summed E-state index contributed by atoms with van der Waals surface area (Å²) in [6, 6.07) is 14.6. The molecule has 7 nitrogen and oxygen atoms in total. The van der Waals surface area contributed by atoms with Crippen molar-refractivity contribution >= 4 is 5.91 Å². The number of hydrogen-bond acceptors (Lipinski definition) is 5. The maximum absolute atomic E-state index is 12.9. The van der Waals surface area contributed by atoms with E-state index in [-0.39, 0.29) is 11.7 Å². The lowest BCUT2D eigenvalue weighted by molar-refractivity contribution is 0.0755. The minimum absolute atomic E-state index is 0.0612. The van der Waals surface area contributed by atoms with Crippen LogP contribution in [0.5, 0.6) is 5.75 Å². The van der Waals surface area contributed by atoms with E-state index in [0.717, 1.165) is 31.7 Å². The molecule has 3 aromatic rings. The molecule has 0 spiro atoms. The number of nitrogens with one attached hydrogen (secondary N) is 1. The molecule has 0 unspecified atom stereocenters. The van der Waals surface area contributed by atoms with Crippen molar-refractivity contribution in [2.75, 3.05) is 26.2 Å². The van der Waals surface area contributed by atoms with Crippen LogP contribution in [0.15, 0.2) is 54.7 Å². The molecular weight excluding hydrogens is 354 g/mol. The quantitative estimate of drug-likeness (QED) is 0.730. The number of amides is 1. The first kappa shape index (κ1) is 18.2. The number of carbonyl (C=O) groups excluding carboxylic acids is 1. The zero-order chi connectivity index (χ0) is 19.3. The second-order valence-electron chi connectivity index (χ2n) is 6.93.